The van der Waals surface area contributed by atoms with Crippen LogP contribution in [0.2, 0.25) is 10.0 Å². The number of fused-ring (bicyclic) bond motifs is 8. The number of anilines is 2. The Morgan fingerprint density at radius 1 is 0.563 bits per heavy atom. The van der Waals surface area contributed by atoms with Gasteiger partial charge in [-0.3, -0.25) is 24.0 Å². The molecule has 2 amide bonds. The number of carbonyl (C=O) groups is 4. The number of H-pyrrole nitrogens is 1. The fourth-order valence-electron chi connectivity index (χ4n) is 10.5. The predicted octanol–water partition coefficient (Wildman–Crippen LogP) is 11.0. The lowest BCUT2D eigenvalue weighted by Crippen LogP contribution is -2.35. The third-order valence-electron chi connectivity index (χ3n) is 14.3. The number of carbonyl (C=O) groups excluding carboxylic acids is 4. The average molecular weight is 988 g/mol. The molecule has 0 aliphatic heterocycles. The molecule has 12 heteroatoms. The number of nitrogens with one attached hydrogen (secondary N) is 1. The van der Waals surface area contributed by atoms with E-state index >= 15 is 0 Å². The normalized spacial score (nSPS) is 17.6. The highest BCUT2D eigenvalue weighted by molar-refractivity contribution is 6.31. The number of amides is 2. The number of ether oxygens (including phenoxy) is 1. The van der Waals surface area contributed by atoms with Crippen molar-refractivity contribution in [1.29, 1.82) is 0 Å². The van der Waals surface area contributed by atoms with Gasteiger partial charge < -0.3 is 19.5 Å². The maximum atomic E-state index is 13.7. The molecule has 10 nitrogen and oxygen atoms in total. The first-order valence-corrected chi connectivity index (χ1v) is 25.0. The van der Waals surface area contributed by atoms with E-state index in [0.717, 1.165) is 94.7 Å². The van der Waals surface area contributed by atoms with Crippen molar-refractivity contribution < 1.29 is 23.9 Å². The first-order valence-electron chi connectivity index (χ1n) is 24.2. The number of rotatable bonds is 5. The summed E-state index contributed by atoms with van der Waals surface area (Å²) in [5.41, 5.74) is 14.1. The number of aryl methyl sites for hydroxylation is 2. The number of hydrogen-bond donors (Lipinski definition) is 1. The van der Waals surface area contributed by atoms with Crippen LogP contribution < -0.4 is 20.1 Å². The van der Waals surface area contributed by atoms with Crippen LogP contribution in [0.25, 0.3) is 11.1 Å². The van der Waals surface area contributed by atoms with Crippen LogP contribution in [0.1, 0.15) is 83.3 Å². The number of hydrogen-bond acceptors (Lipinski definition) is 7. The van der Waals surface area contributed by atoms with Crippen molar-refractivity contribution in [3.8, 4) is 5.88 Å². The molecule has 4 aliphatic carbocycles. The summed E-state index contributed by atoms with van der Waals surface area (Å²) < 4.78 is 5.36. The minimum atomic E-state index is -0.488. The van der Waals surface area contributed by atoms with Crippen molar-refractivity contribution in [1.82, 2.24) is 9.97 Å². The van der Waals surface area contributed by atoms with Gasteiger partial charge in [-0.25, -0.2) is 4.98 Å². The lowest BCUT2D eigenvalue weighted by Gasteiger charge is -2.24. The first-order chi connectivity index (χ1) is 34.3. The lowest BCUT2D eigenvalue weighted by molar-refractivity contribution is -0.127. The minimum absolute atomic E-state index is 0.00892. The van der Waals surface area contributed by atoms with Gasteiger partial charge in [0, 0.05) is 90.9 Å². The zero-order valence-corrected chi connectivity index (χ0v) is 41.7. The zero-order chi connectivity index (χ0) is 49.8. The van der Waals surface area contributed by atoms with Crippen molar-refractivity contribution in [3.63, 3.8) is 0 Å². The van der Waals surface area contributed by atoms with Gasteiger partial charge in [0.15, 0.2) is 0 Å². The number of benzene rings is 4. The largest absolute Gasteiger partial charge is 0.481 e. The third kappa shape index (κ3) is 11.5. The number of pyridine rings is 2. The molecule has 6 aromatic rings. The van der Waals surface area contributed by atoms with Crippen LogP contribution in [0.15, 0.2) is 137 Å². The molecule has 10 rings (SSSR count). The Labute approximate surface area is 424 Å². The molecule has 2 heterocycles. The molecule has 4 aromatic carbocycles. The number of ketones is 2. The van der Waals surface area contributed by atoms with E-state index in [1.54, 1.807) is 73.5 Å². The van der Waals surface area contributed by atoms with E-state index in [4.69, 9.17) is 32.9 Å². The van der Waals surface area contributed by atoms with E-state index in [1.807, 2.05) is 48.5 Å². The van der Waals surface area contributed by atoms with Gasteiger partial charge in [-0.1, -0.05) is 95.0 Å². The molecule has 0 radical (unpaired) electrons. The lowest BCUT2D eigenvalue weighted by atomic mass is 9.88. The molecule has 2 atom stereocenters. The van der Waals surface area contributed by atoms with Crippen LogP contribution in [-0.2, 0) is 57.7 Å². The van der Waals surface area contributed by atoms with Crippen molar-refractivity contribution in [2.24, 2.45) is 11.8 Å². The van der Waals surface area contributed by atoms with Crippen molar-refractivity contribution in [3.05, 3.63) is 198 Å². The van der Waals surface area contributed by atoms with Gasteiger partial charge in [-0.15, -0.1) is 0 Å². The first kappa shape index (κ1) is 49.1. The summed E-state index contributed by atoms with van der Waals surface area (Å²) in [4.78, 5) is 77.0. The highest BCUT2D eigenvalue weighted by Gasteiger charge is 2.32. The molecule has 362 valence electrons. The highest BCUT2D eigenvalue weighted by atomic mass is 35.5. The van der Waals surface area contributed by atoms with Crippen LogP contribution in [-0.4, -0.2) is 54.6 Å². The molecule has 0 spiro atoms. The van der Waals surface area contributed by atoms with Gasteiger partial charge in [-0.05, 0) is 144 Å². The van der Waals surface area contributed by atoms with E-state index in [9.17, 15) is 24.0 Å². The van der Waals surface area contributed by atoms with Gasteiger partial charge in [0.2, 0.25) is 23.3 Å². The van der Waals surface area contributed by atoms with Crippen molar-refractivity contribution >= 4 is 69.1 Å². The second-order valence-corrected chi connectivity index (χ2v) is 20.0. The Bertz CT molecular complexity index is 3160. The zero-order valence-electron chi connectivity index (χ0n) is 40.2. The van der Waals surface area contributed by atoms with E-state index in [-0.39, 0.29) is 54.6 Å². The minimum Gasteiger partial charge on any atom is -0.481 e. The maximum Gasteiger partial charge on any atom is 0.248 e. The van der Waals surface area contributed by atoms with Crippen LogP contribution in [0.5, 0.6) is 5.88 Å². The second-order valence-electron chi connectivity index (χ2n) is 19.1. The smallest absolute Gasteiger partial charge is 0.248 e. The molecule has 0 saturated carbocycles. The van der Waals surface area contributed by atoms with E-state index in [1.165, 1.54) is 22.3 Å². The van der Waals surface area contributed by atoms with Crippen LogP contribution in [0.3, 0.4) is 0 Å². The van der Waals surface area contributed by atoms with Crippen molar-refractivity contribution in [2.45, 2.75) is 77.0 Å². The van der Waals surface area contributed by atoms with Crippen LogP contribution in [0.4, 0.5) is 11.4 Å². The van der Waals surface area contributed by atoms with Crippen LogP contribution in [0, 0.1) is 11.8 Å². The summed E-state index contributed by atoms with van der Waals surface area (Å²) in [6, 6.07) is 38.4. The fraction of sp³-hybridized carbons (Fsp3) is 0.288. The number of halogens is 2. The summed E-state index contributed by atoms with van der Waals surface area (Å²) in [5, 5.41) is 1.22. The summed E-state index contributed by atoms with van der Waals surface area (Å²) in [6.45, 7) is 0. The molecule has 2 aromatic heterocycles. The molecular weight excluding hydrogens is 932 g/mol. The Morgan fingerprint density at radius 3 is 1.58 bits per heavy atom. The topological polar surface area (TPSA) is 130 Å². The van der Waals surface area contributed by atoms with Gasteiger partial charge in [0.25, 0.3) is 0 Å². The molecule has 71 heavy (non-hydrogen) atoms. The van der Waals surface area contributed by atoms with E-state index in [2.05, 4.69) is 35.3 Å². The SMILES string of the molecule is CN(C(=O)[C@H]1CC(=O)CC2=C(CCc3cccc(c3)C1)Cc1ccc(=O)[nH]c12)c1ccc(Cl)cc1.COc1ccc2c(n1)C1=C(CCc3cccc(c3)C[C@@H](C(=O)N(C)c3ccc(Cl)cc3)CC(=O)C1)C2. The van der Waals surface area contributed by atoms with Gasteiger partial charge in [0.1, 0.15) is 11.6 Å². The van der Waals surface area contributed by atoms with Gasteiger partial charge in [-0.2, -0.15) is 0 Å². The number of Topliss-reactive ketones (excluding diaryl/α,β-unsaturated/α-hetero) is 2. The maximum absolute atomic E-state index is 13.7. The number of aromatic nitrogens is 2. The molecule has 0 fully saturated rings. The van der Waals surface area contributed by atoms with Gasteiger partial charge in [0.05, 0.1) is 12.8 Å². The summed E-state index contributed by atoms with van der Waals surface area (Å²) >= 11 is 12.1. The second kappa shape index (κ2) is 21.6. The standard InChI is InChI=1S/C30H29ClN2O3.C29H27ClN2O3/c1-33(25-11-9-24(31)10-12-25)30(35)23-15-20-5-3-4-19(14-20)6-7-21-16-22-8-13-28(36-2)32-29(22)27(21)18-26(34)17-23;1-32(24-10-8-23(30)9-11-24)29(35)22-14-19-4-2-3-18(13-19)5-6-20-15-21-7-12-27(34)31-28(21)26(20)17-25(33)16-22/h3-5,8-14,23H,6-7,15-18H2,1-2H3;2-4,7-13,22H,5-6,14-17H2,1H3,(H,31,34)/t23-;22-/m11/s1. The number of allylic oxidation sites excluding steroid dienone is 4. The van der Waals surface area contributed by atoms with E-state index < -0.39 is 11.8 Å². The van der Waals surface area contributed by atoms with Gasteiger partial charge >= 0.3 is 0 Å². The Morgan fingerprint density at radius 2 is 1.04 bits per heavy atom. The average Bonchev–Trinajstić information content (AvgIpc) is 3.89. The number of aromatic amines is 1. The van der Waals surface area contributed by atoms with E-state index in [0.29, 0.717) is 28.8 Å². The molecular formula is C59H56Cl2N4O6. The Hall–Kier alpha value is -6.88. The number of methoxy groups -OCH3 is 1. The predicted molar refractivity (Wildman–Crippen MR) is 281 cm³/mol. The molecule has 4 bridgehead atoms. The Kier molecular flexibility index (Phi) is 15.0. The number of nitrogens with zero attached hydrogens (tertiary/aromatic N) is 3. The molecule has 1 N–H and O–H groups in total. The Balaban J connectivity index is 0.000000176. The quantitative estimate of drug-likeness (QED) is 0.182. The third-order valence-corrected chi connectivity index (χ3v) is 14.8. The van der Waals surface area contributed by atoms with Crippen molar-refractivity contribution in [2.75, 3.05) is 31.0 Å². The highest BCUT2D eigenvalue weighted by Crippen LogP contribution is 2.40. The van der Waals surface area contributed by atoms with Crippen LogP contribution >= 0.6 is 23.2 Å². The summed E-state index contributed by atoms with van der Waals surface area (Å²) in [7, 11) is 5.10. The monoisotopic (exact) mass is 986 g/mol. The molecule has 0 saturated heterocycles. The molecule has 0 unspecified atom stereocenters. The summed E-state index contributed by atoms with van der Waals surface area (Å²) in [6.07, 6.45) is 6.85. The molecule has 4 aliphatic rings. The fourth-order valence-corrected chi connectivity index (χ4v) is 10.8. The summed E-state index contributed by atoms with van der Waals surface area (Å²) in [5.74, 6) is -0.513.